The van der Waals surface area contributed by atoms with Gasteiger partial charge in [0.2, 0.25) is 5.91 Å². The molecule has 0 spiro atoms. The molecule has 0 aromatic heterocycles. The van der Waals surface area contributed by atoms with Crippen LogP contribution in [-0.2, 0) is 16.0 Å². The van der Waals surface area contributed by atoms with Crippen molar-refractivity contribution in [2.75, 3.05) is 0 Å². The zero-order valence-corrected chi connectivity index (χ0v) is 12.7. The van der Waals surface area contributed by atoms with Gasteiger partial charge in [0, 0.05) is 11.6 Å². The van der Waals surface area contributed by atoms with Gasteiger partial charge in [-0.05, 0) is 38.2 Å². The molecule has 22 heavy (non-hydrogen) atoms. The molecule has 5 nitrogen and oxygen atoms in total. The van der Waals surface area contributed by atoms with Crippen LogP contribution in [-0.4, -0.2) is 28.8 Å². The quantitative estimate of drug-likeness (QED) is 0.817. The fourth-order valence-corrected chi connectivity index (χ4v) is 2.81. The molecule has 1 aromatic rings. The third kappa shape index (κ3) is 4.41. The standard InChI is InChI=1S/C17H21NO4/c1-11(19)13-4-2-12(3-5-13)10-16(20)18-15-8-6-14(7-9-15)17(21)22/h2-5,14-15H,6-10H2,1H3,(H,18,20)(H,21,22). The van der Waals surface area contributed by atoms with E-state index in [0.717, 1.165) is 5.56 Å². The van der Waals surface area contributed by atoms with Crippen molar-refractivity contribution in [1.82, 2.24) is 5.32 Å². The first kappa shape index (κ1) is 16.2. The van der Waals surface area contributed by atoms with Crippen LogP contribution in [0.2, 0.25) is 0 Å². The Hall–Kier alpha value is -2.17. The van der Waals surface area contributed by atoms with Gasteiger partial charge in [-0.1, -0.05) is 24.3 Å². The van der Waals surface area contributed by atoms with Crippen LogP contribution < -0.4 is 5.32 Å². The molecule has 0 unspecified atom stereocenters. The van der Waals surface area contributed by atoms with Gasteiger partial charge in [-0.15, -0.1) is 0 Å². The second-order valence-electron chi connectivity index (χ2n) is 5.88. The van der Waals surface area contributed by atoms with E-state index in [9.17, 15) is 14.4 Å². The molecule has 1 amide bonds. The van der Waals surface area contributed by atoms with Crippen molar-refractivity contribution >= 4 is 17.7 Å². The Balaban J connectivity index is 1.81. The van der Waals surface area contributed by atoms with Crippen LogP contribution in [0, 0.1) is 5.92 Å². The molecule has 1 fully saturated rings. The summed E-state index contributed by atoms with van der Waals surface area (Å²) in [6, 6.07) is 7.10. The summed E-state index contributed by atoms with van der Waals surface area (Å²) in [5.41, 5.74) is 1.50. The molecule has 0 radical (unpaired) electrons. The summed E-state index contributed by atoms with van der Waals surface area (Å²) in [6.45, 7) is 1.51. The van der Waals surface area contributed by atoms with E-state index in [2.05, 4.69) is 5.32 Å². The fraction of sp³-hybridized carbons (Fsp3) is 0.471. The lowest BCUT2D eigenvalue weighted by Crippen LogP contribution is -2.39. The summed E-state index contributed by atoms with van der Waals surface area (Å²) in [5, 5.41) is 11.9. The summed E-state index contributed by atoms with van der Waals surface area (Å²) < 4.78 is 0. The fourth-order valence-electron chi connectivity index (χ4n) is 2.81. The summed E-state index contributed by atoms with van der Waals surface area (Å²) in [5.74, 6) is -1.07. The average Bonchev–Trinajstić information content (AvgIpc) is 2.48. The molecule has 1 aliphatic carbocycles. The minimum absolute atomic E-state index is 0.00573. The predicted molar refractivity (Wildman–Crippen MR) is 81.7 cm³/mol. The normalized spacial score (nSPS) is 21.1. The summed E-state index contributed by atoms with van der Waals surface area (Å²) in [7, 11) is 0. The predicted octanol–water partition coefficient (Wildman–Crippen LogP) is 2.19. The maximum atomic E-state index is 12.0. The lowest BCUT2D eigenvalue weighted by atomic mass is 9.86. The van der Waals surface area contributed by atoms with Crippen molar-refractivity contribution in [3.63, 3.8) is 0 Å². The molecule has 0 saturated heterocycles. The summed E-state index contributed by atoms with van der Waals surface area (Å²) in [4.78, 5) is 34.1. The number of hydrogen-bond donors (Lipinski definition) is 2. The Morgan fingerprint density at radius 2 is 1.68 bits per heavy atom. The molecule has 118 valence electrons. The van der Waals surface area contributed by atoms with Crippen LogP contribution in [0.15, 0.2) is 24.3 Å². The molecular weight excluding hydrogens is 282 g/mol. The van der Waals surface area contributed by atoms with Gasteiger partial charge in [0.05, 0.1) is 12.3 Å². The summed E-state index contributed by atoms with van der Waals surface area (Å²) >= 11 is 0. The third-order valence-corrected chi connectivity index (χ3v) is 4.17. The Kier molecular flexibility index (Phi) is 5.31. The number of carbonyl (C=O) groups is 3. The van der Waals surface area contributed by atoms with Crippen LogP contribution >= 0.6 is 0 Å². The van der Waals surface area contributed by atoms with Gasteiger partial charge in [-0.25, -0.2) is 0 Å². The monoisotopic (exact) mass is 303 g/mol. The van der Waals surface area contributed by atoms with Crippen molar-refractivity contribution in [3.05, 3.63) is 35.4 Å². The number of rotatable bonds is 5. The van der Waals surface area contributed by atoms with E-state index in [0.29, 0.717) is 31.2 Å². The molecule has 1 aliphatic rings. The molecular formula is C17H21NO4. The Morgan fingerprint density at radius 1 is 1.09 bits per heavy atom. The Labute approximate surface area is 129 Å². The molecule has 2 N–H and O–H groups in total. The van der Waals surface area contributed by atoms with Gasteiger partial charge >= 0.3 is 5.97 Å². The van der Waals surface area contributed by atoms with Crippen LogP contribution in [0.4, 0.5) is 0 Å². The van der Waals surface area contributed by atoms with Crippen LogP contribution in [0.3, 0.4) is 0 Å². The van der Waals surface area contributed by atoms with Crippen molar-refractivity contribution in [2.45, 2.75) is 45.1 Å². The average molecular weight is 303 g/mol. The van der Waals surface area contributed by atoms with Crippen LogP contribution in [0.25, 0.3) is 0 Å². The molecule has 1 aromatic carbocycles. The maximum absolute atomic E-state index is 12.0. The van der Waals surface area contributed by atoms with Crippen molar-refractivity contribution < 1.29 is 19.5 Å². The van der Waals surface area contributed by atoms with E-state index < -0.39 is 5.97 Å². The van der Waals surface area contributed by atoms with E-state index in [-0.39, 0.29) is 30.1 Å². The number of benzene rings is 1. The maximum Gasteiger partial charge on any atom is 0.306 e. The van der Waals surface area contributed by atoms with Crippen LogP contribution in [0.5, 0.6) is 0 Å². The van der Waals surface area contributed by atoms with Crippen LogP contribution in [0.1, 0.15) is 48.5 Å². The number of aliphatic carboxylic acids is 1. The van der Waals surface area contributed by atoms with E-state index in [1.165, 1.54) is 6.92 Å². The second-order valence-corrected chi connectivity index (χ2v) is 5.88. The minimum atomic E-state index is -0.740. The minimum Gasteiger partial charge on any atom is -0.481 e. The zero-order chi connectivity index (χ0) is 16.1. The Morgan fingerprint density at radius 3 is 2.18 bits per heavy atom. The molecule has 1 saturated carbocycles. The van der Waals surface area contributed by atoms with E-state index in [1.807, 2.05) is 0 Å². The number of hydrogen-bond acceptors (Lipinski definition) is 3. The van der Waals surface area contributed by atoms with Crippen molar-refractivity contribution in [1.29, 1.82) is 0 Å². The first-order chi connectivity index (χ1) is 10.5. The third-order valence-electron chi connectivity index (χ3n) is 4.17. The van der Waals surface area contributed by atoms with Crippen molar-refractivity contribution in [2.24, 2.45) is 5.92 Å². The van der Waals surface area contributed by atoms with Gasteiger partial charge < -0.3 is 10.4 Å². The molecule has 0 atom stereocenters. The smallest absolute Gasteiger partial charge is 0.306 e. The van der Waals surface area contributed by atoms with Gasteiger partial charge in [-0.3, -0.25) is 14.4 Å². The number of nitrogens with one attached hydrogen (secondary N) is 1. The van der Waals surface area contributed by atoms with Crippen molar-refractivity contribution in [3.8, 4) is 0 Å². The molecule has 0 heterocycles. The van der Waals surface area contributed by atoms with Gasteiger partial charge in [0.1, 0.15) is 0 Å². The van der Waals surface area contributed by atoms with E-state index in [4.69, 9.17) is 5.11 Å². The lowest BCUT2D eigenvalue weighted by molar-refractivity contribution is -0.142. The van der Waals surface area contributed by atoms with Gasteiger partial charge in [0.15, 0.2) is 5.78 Å². The largest absolute Gasteiger partial charge is 0.481 e. The highest BCUT2D eigenvalue weighted by atomic mass is 16.4. The number of amides is 1. The molecule has 0 aliphatic heterocycles. The first-order valence-electron chi connectivity index (χ1n) is 7.57. The Bertz CT molecular complexity index is 557. The zero-order valence-electron chi connectivity index (χ0n) is 12.7. The molecule has 0 bridgehead atoms. The second kappa shape index (κ2) is 7.20. The first-order valence-corrected chi connectivity index (χ1v) is 7.57. The highest BCUT2D eigenvalue weighted by molar-refractivity contribution is 5.94. The number of Topliss-reactive ketones (excluding diaryl/α,β-unsaturated/α-hetero) is 1. The highest BCUT2D eigenvalue weighted by Crippen LogP contribution is 2.24. The number of ketones is 1. The van der Waals surface area contributed by atoms with E-state index in [1.54, 1.807) is 24.3 Å². The summed E-state index contributed by atoms with van der Waals surface area (Å²) in [6.07, 6.45) is 2.94. The van der Waals surface area contributed by atoms with Gasteiger partial charge in [0.25, 0.3) is 0 Å². The topological polar surface area (TPSA) is 83.5 Å². The number of carboxylic acids is 1. The molecule has 5 heteroatoms. The highest BCUT2D eigenvalue weighted by Gasteiger charge is 2.26. The van der Waals surface area contributed by atoms with E-state index >= 15 is 0 Å². The number of carboxylic acid groups (broad SMARTS) is 1. The lowest BCUT2D eigenvalue weighted by Gasteiger charge is -2.26. The SMILES string of the molecule is CC(=O)c1ccc(CC(=O)NC2CCC(C(=O)O)CC2)cc1. The number of carbonyl (C=O) groups excluding carboxylic acids is 2. The molecule has 2 rings (SSSR count). The van der Waals surface area contributed by atoms with Gasteiger partial charge in [-0.2, -0.15) is 0 Å².